The summed E-state index contributed by atoms with van der Waals surface area (Å²) in [6.07, 6.45) is 4.83. The van der Waals surface area contributed by atoms with Crippen molar-refractivity contribution in [2.24, 2.45) is 0 Å². The highest BCUT2D eigenvalue weighted by atomic mass is 16.5. The molecule has 1 N–H and O–H groups in total. The van der Waals surface area contributed by atoms with E-state index in [0.29, 0.717) is 12.6 Å². The van der Waals surface area contributed by atoms with Gasteiger partial charge in [-0.15, -0.1) is 0 Å². The Bertz CT molecular complexity index is 663. The second-order valence-electron chi connectivity index (χ2n) is 6.46. The number of benzene rings is 1. The highest BCUT2D eigenvalue weighted by Gasteiger charge is 2.45. The summed E-state index contributed by atoms with van der Waals surface area (Å²) in [4.78, 5) is 4.76. The molecule has 1 aliphatic heterocycles. The summed E-state index contributed by atoms with van der Waals surface area (Å²) in [5, 5.41) is 3.60. The molecule has 0 bridgehead atoms. The molecule has 1 aliphatic carbocycles. The minimum Gasteiger partial charge on any atom is -0.383 e. The van der Waals surface area contributed by atoms with Crippen LogP contribution in [0.2, 0.25) is 0 Å². The zero-order valence-electron chi connectivity index (χ0n) is 13.0. The summed E-state index contributed by atoms with van der Waals surface area (Å²) in [7, 11) is 1.73. The zero-order chi connectivity index (χ0) is 15.0. The number of aromatic nitrogens is 2. The second-order valence-corrected chi connectivity index (χ2v) is 6.46. The third kappa shape index (κ3) is 2.38. The maximum absolute atomic E-state index is 6.03. The van der Waals surface area contributed by atoms with Crippen LogP contribution in [0.3, 0.4) is 0 Å². The minimum absolute atomic E-state index is 0.168. The normalized spacial score (nSPS) is 23.0. The van der Waals surface area contributed by atoms with Crippen LogP contribution < -0.4 is 5.32 Å². The summed E-state index contributed by atoms with van der Waals surface area (Å²) in [5.74, 6) is 0.934. The monoisotopic (exact) mass is 301 g/mol. The summed E-state index contributed by atoms with van der Waals surface area (Å²) in [6.45, 7) is 2.27. The number of methoxy groups -OCH3 is 1. The standard InChI is InChI=1S/C17H23N3O2/c1-21-10-9-20-15-6-3-2-5-14(15)19-16(20)18-13-11-17(22-12-13)7-4-8-17/h2-3,5-6,13H,4,7-12H2,1H3,(H,18,19). The maximum Gasteiger partial charge on any atom is 0.204 e. The summed E-state index contributed by atoms with van der Waals surface area (Å²) in [6, 6.07) is 8.61. The van der Waals surface area contributed by atoms with Crippen LogP contribution in [0.1, 0.15) is 25.7 Å². The molecule has 5 nitrogen and oxygen atoms in total. The van der Waals surface area contributed by atoms with Crippen LogP contribution in [0.15, 0.2) is 24.3 Å². The SMILES string of the molecule is COCCn1c(NC2COC3(CCC3)C2)nc2ccccc21. The number of anilines is 1. The van der Waals surface area contributed by atoms with Gasteiger partial charge in [0.25, 0.3) is 0 Å². The Kier molecular flexibility index (Phi) is 3.54. The average molecular weight is 301 g/mol. The minimum atomic E-state index is 0.168. The van der Waals surface area contributed by atoms with E-state index in [1.54, 1.807) is 7.11 Å². The molecular formula is C17H23N3O2. The van der Waals surface area contributed by atoms with E-state index in [4.69, 9.17) is 14.5 Å². The lowest BCUT2D eigenvalue weighted by Gasteiger charge is -2.37. The van der Waals surface area contributed by atoms with Crippen LogP contribution in [0.4, 0.5) is 5.95 Å². The third-order valence-corrected chi connectivity index (χ3v) is 4.98. The number of hydrogen-bond donors (Lipinski definition) is 1. The Labute approximate surface area is 130 Å². The molecule has 4 rings (SSSR count). The van der Waals surface area contributed by atoms with Gasteiger partial charge in [0.1, 0.15) is 0 Å². The number of imidazole rings is 1. The molecule has 118 valence electrons. The van der Waals surface area contributed by atoms with Gasteiger partial charge >= 0.3 is 0 Å². The van der Waals surface area contributed by atoms with Gasteiger partial charge in [0.2, 0.25) is 5.95 Å². The Morgan fingerprint density at radius 2 is 2.27 bits per heavy atom. The molecule has 1 spiro atoms. The molecule has 1 aromatic carbocycles. The second kappa shape index (κ2) is 5.56. The molecule has 2 aliphatic rings. The highest BCUT2D eigenvalue weighted by Crippen LogP contribution is 2.43. The molecule has 1 unspecified atom stereocenters. The van der Waals surface area contributed by atoms with Crippen LogP contribution in [0.5, 0.6) is 0 Å². The number of para-hydroxylation sites is 2. The predicted molar refractivity (Wildman–Crippen MR) is 86.2 cm³/mol. The lowest BCUT2D eigenvalue weighted by Crippen LogP contribution is -2.36. The first-order valence-electron chi connectivity index (χ1n) is 8.14. The van der Waals surface area contributed by atoms with E-state index in [2.05, 4.69) is 28.1 Å². The molecule has 2 aromatic rings. The van der Waals surface area contributed by atoms with Crippen molar-refractivity contribution in [2.45, 2.75) is 43.9 Å². The largest absolute Gasteiger partial charge is 0.383 e. The van der Waals surface area contributed by atoms with Gasteiger partial charge in [-0.3, -0.25) is 0 Å². The van der Waals surface area contributed by atoms with E-state index >= 15 is 0 Å². The van der Waals surface area contributed by atoms with Crippen molar-refractivity contribution in [1.82, 2.24) is 9.55 Å². The zero-order valence-corrected chi connectivity index (χ0v) is 13.0. The fourth-order valence-corrected chi connectivity index (χ4v) is 3.63. The van der Waals surface area contributed by atoms with Gasteiger partial charge in [0.05, 0.1) is 35.9 Å². The fourth-order valence-electron chi connectivity index (χ4n) is 3.63. The number of fused-ring (bicyclic) bond motifs is 1. The molecule has 22 heavy (non-hydrogen) atoms. The number of hydrogen-bond acceptors (Lipinski definition) is 4. The number of nitrogens with zero attached hydrogens (tertiary/aromatic N) is 2. The van der Waals surface area contributed by atoms with Crippen molar-refractivity contribution in [3.8, 4) is 0 Å². The van der Waals surface area contributed by atoms with Crippen molar-refractivity contribution < 1.29 is 9.47 Å². The van der Waals surface area contributed by atoms with Gasteiger partial charge in [-0.05, 0) is 37.8 Å². The molecule has 1 saturated carbocycles. The first-order valence-corrected chi connectivity index (χ1v) is 8.14. The van der Waals surface area contributed by atoms with Crippen LogP contribution >= 0.6 is 0 Å². The molecule has 2 fully saturated rings. The molecule has 1 atom stereocenters. The van der Waals surface area contributed by atoms with Crippen molar-refractivity contribution >= 4 is 17.0 Å². The van der Waals surface area contributed by atoms with Crippen LogP contribution in [-0.4, -0.2) is 41.5 Å². The van der Waals surface area contributed by atoms with Gasteiger partial charge in [-0.25, -0.2) is 4.98 Å². The predicted octanol–water partition coefficient (Wildman–Crippen LogP) is 2.81. The first kappa shape index (κ1) is 14.0. The smallest absolute Gasteiger partial charge is 0.204 e. The molecule has 1 aromatic heterocycles. The van der Waals surface area contributed by atoms with Gasteiger partial charge in [0, 0.05) is 13.7 Å². The Hall–Kier alpha value is -1.59. The van der Waals surface area contributed by atoms with Crippen LogP contribution in [0, 0.1) is 0 Å². The van der Waals surface area contributed by atoms with Crippen molar-refractivity contribution in [2.75, 3.05) is 25.6 Å². The molecular weight excluding hydrogens is 278 g/mol. The first-order chi connectivity index (χ1) is 10.8. The topological polar surface area (TPSA) is 48.3 Å². The Morgan fingerprint density at radius 3 is 3.00 bits per heavy atom. The van der Waals surface area contributed by atoms with E-state index in [-0.39, 0.29) is 5.60 Å². The van der Waals surface area contributed by atoms with E-state index in [1.165, 1.54) is 19.3 Å². The number of rotatable bonds is 5. The van der Waals surface area contributed by atoms with E-state index in [1.807, 2.05) is 6.07 Å². The number of nitrogens with one attached hydrogen (secondary N) is 1. The van der Waals surface area contributed by atoms with Gasteiger partial charge in [-0.2, -0.15) is 0 Å². The van der Waals surface area contributed by atoms with E-state index < -0.39 is 0 Å². The maximum atomic E-state index is 6.03. The van der Waals surface area contributed by atoms with Gasteiger partial charge < -0.3 is 19.4 Å². The van der Waals surface area contributed by atoms with E-state index in [9.17, 15) is 0 Å². The molecule has 0 radical (unpaired) electrons. The number of ether oxygens (including phenoxy) is 2. The van der Waals surface area contributed by atoms with Crippen molar-refractivity contribution in [3.05, 3.63) is 24.3 Å². The average Bonchev–Trinajstić information content (AvgIpc) is 3.07. The van der Waals surface area contributed by atoms with E-state index in [0.717, 1.165) is 36.6 Å². The summed E-state index contributed by atoms with van der Waals surface area (Å²) < 4.78 is 13.5. The lowest BCUT2D eigenvalue weighted by atomic mass is 9.77. The van der Waals surface area contributed by atoms with Crippen molar-refractivity contribution in [1.29, 1.82) is 0 Å². The molecule has 5 heteroatoms. The van der Waals surface area contributed by atoms with Crippen LogP contribution in [0.25, 0.3) is 11.0 Å². The summed E-state index contributed by atoms with van der Waals surface area (Å²) in [5.41, 5.74) is 2.35. The highest BCUT2D eigenvalue weighted by molar-refractivity contribution is 5.78. The lowest BCUT2D eigenvalue weighted by molar-refractivity contribution is -0.0562. The fraction of sp³-hybridized carbons (Fsp3) is 0.588. The Morgan fingerprint density at radius 1 is 1.41 bits per heavy atom. The van der Waals surface area contributed by atoms with Crippen LogP contribution in [-0.2, 0) is 16.0 Å². The molecule has 1 saturated heterocycles. The Balaban J connectivity index is 1.57. The molecule has 0 amide bonds. The summed E-state index contributed by atoms with van der Waals surface area (Å²) >= 11 is 0. The quantitative estimate of drug-likeness (QED) is 0.922. The van der Waals surface area contributed by atoms with Crippen molar-refractivity contribution in [3.63, 3.8) is 0 Å². The van der Waals surface area contributed by atoms with Gasteiger partial charge in [0.15, 0.2) is 0 Å². The molecule has 2 heterocycles. The van der Waals surface area contributed by atoms with Gasteiger partial charge in [-0.1, -0.05) is 12.1 Å². The third-order valence-electron chi connectivity index (χ3n) is 4.98.